The molecule has 4 nitrogen and oxygen atoms in total. The molecule has 2 N–H and O–H groups in total. The molecule has 0 aromatic heterocycles. The number of aliphatic hydroxyl groups is 1. The lowest BCUT2D eigenvalue weighted by Gasteiger charge is -2.36. The van der Waals surface area contributed by atoms with Crippen LogP contribution in [0.2, 0.25) is 0 Å². The van der Waals surface area contributed by atoms with Gasteiger partial charge in [-0.1, -0.05) is 6.92 Å². The Balaban J connectivity index is 2.10. The van der Waals surface area contributed by atoms with Crippen molar-refractivity contribution in [1.29, 1.82) is 0 Å². The highest BCUT2D eigenvalue weighted by atomic mass is 16.3. The van der Waals surface area contributed by atoms with Crippen LogP contribution in [0.15, 0.2) is 18.2 Å². The molecule has 1 unspecified atom stereocenters. The van der Waals surface area contributed by atoms with Crippen LogP contribution in [-0.2, 0) is 0 Å². The van der Waals surface area contributed by atoms with Gasteiger partial charge in [0.05, 0.1) is 5.60 Å². The summed E-state index contributed by atoms with van der Waals surface area (Å²) in [6.07, 6.45) is 2.69. The van der Waals surface area contributed by atoms with E-state index in [0.29, 0.717) is 12.1 Å². The minimum atomic E-state index is -0.758. The van der Waals surface area contributed by atoms with E-state index in [2.05, 4.69) is 12.2 Å². The maximum absolute atomic E-state index is 12.6. The van der Waals surface area contributed by atoms with Gasteiger partial charge in [-0.3, -0.25) is 4.79 Å². The molecular formula is C17H26N2O2. The van der Waals surface area contributed by atoms with Crippen LogP contribution in [0.3, 0.4) is 0 Å². The van der Waals surface area contributed by atoms with Gasteiger partial charge in [-0.2, -0.15) is 0 Å². The molecule has 1 atom stereocenters. The van der Waals surface area contributed by atoms with Gasteiger partial charge in [-0.15, -0.1) is 0 Å². The van der Waals surface area contributed by atoms with E-state index < -0.39 is 5.60 Å². The van der Waals surface area contributed by atoms with Crippen molar-refractivity contribution in [1.82, 2.24) is 4.90 Å². The Morgan fingerprint density at radius 1 is 1.48 bits per heavy atom. The van der Waals surface area contributed by atoms with Crippen LogP contribution in [0.1, 0.15) is 49.0 Å². The summed E-state index contributed by atoms with van der Waals surface area (Å²) in [4.78, 5) is 14.3. The van der Waals surface area contributed by atoms with Gasteiger partial charge in [0.1, 0.15) is 0 Å². The number of aryl methyl sites for hydroxylation is 1. The summed E-state index contributed by atoms with van der Waals surface area (Å²) < 4.78 is 0. The third-order valence-electron chi connectivity index (χ3n) is 4.00. The monoisotopic (exact) mass is 290 g/mol. The Morgan fingerprint density at radius 3 is 2.86 bits per heavy atom. The lowest BCUT2D eigenvalue weighted by molar-refractivity contribution is -0.0107. The van der Waals surface area contributed by atoms with Crippen molar-refractivity contribution in [3.63, 3.8) is 0 Å². The van der Waals surface area contributed by atoms with Gasteiger partial charge in [0.2, 0.25) is 0 Å². The fourth-order valence-electron chi connectivity index (χ4n) is 2.83. The second-order valence-corrected chi connectivity index (χ2v) is 6.28. The smallest absolute Gasteiger partial charge is 0.253 e. The number of nitrogens with zero attached hydrogens (tertiary/aromatic N) is 1. The van der Waals surface area contributed by atoms with Gasteiger partial charge in [-0.05, 0) is 56.9 Å². The largest absolute Gasteiger partial charge is 0.388 e. The summed E-state index contributed by atoms with van der Waals surface area (Å²) in [5.41, 5.74) is 2.11. The second kappa shape index (κ2) is 6.48. The zero-order valence-electron chi connectivity index (χ0n) is 13.3. The van der Waals surface area contributed by atoms with Gasteiger partial charge in [-0.25, -0.2) is 0 Å². The summed E-state index contributed by atoms with van der Waals surface area (Å²) in [5, 5.41) is 13.5. The van der Waals surface area contributed by atoms with Crippen LogP contribution in [0.25, 0.3) is 0 Å². The summed E-state index contributed by atoms with van der Waals surface area (Å²) in [7, 11) is 0. The van der Waals surface area contributed by atoms with E-state index in [1.807, 2.05) is 25.1 Å². The van der Waals surface area contributed by atoms with E-state index in [4.69, 9.17) is 0 Å². The lowest BCUT2D eigenvalue weighted by Crippen LogP contribution is -2.48. The number of carbonyl (C=O) groups excluding carboxylic acids is 1. The molecule has 1 amide bonds. The number of rotatable bonds is 4. The standard InChI is InChI=1S/C17H26N2O2/c1-4-9-18-15-7-6-14(11-13(15)2)16(20)19-10-5-8-17(3,21)12-19/h6-7,11,18,21H,4-5,8-10,12H2,1-3H3. The second-order valence-electron chi connectivity index (χ2n) is 6.28. The molecular weight excluding hydrogens is 264 g/mol. The molecule has 1 aromatic carbocycles. The Morgan fingerprint density at radius 2 is 2.24 bits per heavy atom. The van der Waals surface area contributed by atoms with E-state index in [1.165, 1.54) is 0 Å². The molecule has 2 rings (SSSR count). The summed E-state index contributed by atoms with van der Waals surface area (Å²) >= 11 is 0. The number of hydrogen-bond acceptors (Lipinski definition) is 3. The van der Waals surface area contributed by atoms with Crippen LogP contribution in [0.5, 0.6) is 0 Å². The fourth-order valence-corrected chi connectivity index (χ4v) is 2.83. The van der Waals surface area contributed by atoms with Gasteiger partial charge in [0, 0.05) is 30.9 Å². The Kier molecular flexibility index (Phi) is 4.88. The van der Waals surface area contributed by atoms with Crippen molar-refractivity contribution in [3.05, 3.63) is 29.3 Å². The highest BCUT2D eigenvalue weighted by Gasteiger charge is 2.31. The van der Waals surface area contributed by atoms with E-state index in [-0.39, 0.29) is 5.91 Å². The summed E-state index contributed by atoms with van der Waals surface area (Å²) in [6.45, 7) is 8.02. The van der Waals surface area contributed by atoms with Crippen LogP contribution < -0.4 is 5.32 Å². The number of likely N-dealkylation sites (tertiary alicyclic amines) is 1. The molecule has 4 heteroatoms. The zero-order chi connectivity index (χ0) is 15.5. The normalized spacial score (nSPS) is 22.2. The summed E-state index contributed by atoms with van der Waals surface area (Å²) in [5.74, 6) is 0.0140. The van der Waals surface area contributed by atoms with Crippen LogP contribution >= 0.6 is 0 Å². The van der Waals surface area contributed by atoms with E-state index in [0.717, 1.165) is 43.6 Å². The van der Waals surface area contributed by atoms with E-state index in [1.54, 1.807) is 11.8 Å². The number of benzene rings is 1. The molecule has 0 bridgehead atoms. The lowest BCUT2D eigenvalue weighted by atomic mass is 9.94. The SMILES string of the molecule is CCCNc1ccc(C(=O)N2CCCC(C)(O)C2)cc1C. The van der Waals surface area contributed by atoms with Gasteiger partial charge >= 0.3 is 0 Å². The number of anilines is 1. The highest BCUT2D eigenvalue weighted by Crippen LogP contribution is 2.23. The number of piperidine rings is 1. The maximum atomic E-state index is 12.6. The van der Waals surface area contributed by atoms with Gasteiger partial charge in [0.25, 0.3) is 5.91 Å². The highest BCUT2D eigenvalue weighted by molar-refractivity contribution is 5.95. The van der Waals surface area contributed by atoms with Crippen LogP contribution in [0.4, 0.5) is 5.69 Å². The molecule has 1 aromatic rings. The maximum Gasteiger partial charge on any atom is 0.253 e. The quantitative estimate of drug-likeness (QED) is 0.896. The Labute approximate surface area is 127 Å². The third kappa shape index (κ3) is 3.97. The first-order valence-electron chi connectivity index (χ1n) is 7.79. The van der Waals surface area contributed by atoms with E-state index in [9.17, 15) is 9.90 Å². The number of amides is 1. The minimum absolute atomic E-state index is 0.0140. The average molecular weight is 290 g/mol. The number of carbonyl (C=O) groups is 1. The molecule has 1 fully saturated rings. The van der Waals surface area contributed by atoms with Gasteiger partial charge in [0.15, 0.2) is 0 Å². The van der Waals surface area contributed by atoms with Crippen molar-refractivity contribution >= 4 is 11.6 Å². The Hall–Kier alpha value is -1.55. The topological polar surface area (TPSA) is 52.6 Å². The zero-order valence-corrected chi connectivity index (χ0v) is 13.3. The molecule has 1 saturated heterocycles. The number of hydrogen-bond donors (Lipinski definition) is 2. The molecule has 0 aliphatic carbocycles. The Bertz CT molecular complexity index is 512. The van der Waals surface area contributed by atoms with Crippen molar-refractivity contribution in [2.24, 2.45) is 0 Å². The molecule has 1 aliphatic rings. The van der Waals surface area contributed by atoms with Gasteiger partial charge < -0.3 is 15.3 Å². The predicted molar refractivity (Wildman–Crippen MR) is 85.7 cm³/mol. The number of β-amino-alcohol motifs (C(OH)–C–C–N with tert-alkyl or cyclic N) is 1. The molecule has 1 heterocycles. The van der Waals surface area contributed by atoms with E-state index >= 15 is 0 Å². The third-order valence-corrected chi connectivity index (χ3v) is 4.00. The molecule has 0 spiro atoms. The molecule has 1 aliphatic heterocycles. The molecule has 0 saturated carbocycles. The minimum Gasteiger partial charge on any atom is -0.388 e. The van der Waals surface area contributed by atoms with Crippen molar-refractivity contribution in [2.75, 3.05) is 25.0 Å². The van der Waals surface area contributed by atoms with Crippen molar-refractivity contribution in [3.8, 4) is 0 Å². The molecule has 0 radical (unpaired) electrons. The molecule has 21 heavy (non-hydrogen) atoms. The fraction of sp³-hybridized carbons (Fsp3) is 0.588. The number of nitrogens with one attached hydrogen (secondary N) is 1. The van der Waals surface area contributed by atoms with Crippen molar-refractivity contribution < 1.29 is 9.90 Å². The first-order chi connectivity index (χ1) is 9.93. The first-order valence-corrected chi connectivity index (χ1v) is 7.79. The predicted octanol–water partition coefficient (Wildman–Crippen LogP) is 2.80. The van der Waals surface area contributed by atoms with Crippen molar-refractivity contribution in [2.45, 2.75) is 45.6 Å². The molecule has 116 valence electrons. The first kappa shape index (κ1) is 15.8. The van der Waals surface area contributed by atoms with Crippen LogP contribution in [-0.4, -0.2) is 41.1 Å². The van der Waals surface area contributed by atoms with Crippen LogP contribution in [0, 0.1) is 6.92 Å². The summed E-state index contributed by atoms with van der Waals surface area (Å²) in [6, 6.07) is 5.78. The average Bonchev–Trinajstić information content (AvgIpc) is 2.44.